The van der Waals surface area contributed by atoms with Crippen molar-refractivity contribution >= 4 is 19.3 Å². The topological polar surface area (TPSA) is 29.5 Å². The molecule has 2 aromatic rings. The predicted molar refractivity (Wildman–Crippen MR) is 94.7 cm³/mol. The van der Waals surface area contributed by atoms with Gasteiger partial charge in [0.15, 0.2) is 0 Å². The number of likely N-dealkylation sites (tertiary alicyclic amines) is 1. The monoisotopic (exact) mass is 307 g/mol. The van der Waals surface area contributed by atoms with E-state index in [1.807, 2.05) is 25.1 Å². The normalized spacial score (nSPS) is 16.6. The second-order valence-corrected chi connectivity index (χ2v) is 6.30. The van der Waals surface area contributed by atoms with Gasteiger partial charge in [-0.05, 0) is 18.1 Å². The zero-order chi connectivity index (χ0) is 16.3. The molecule has 1 aliphatic rings. The van der Waals surface area contributed by atoms with Gasteiger partial charge in [0.05, 0.1) is 6.61 Å². The Morgan fingerprint density at radius 3 is 2.39 bits per heavy atom. The van der Waals surface area contributed by atoms with E-state index >= 15 is 0 Å². The molecular weight excluding hydrogens is 285 g/mol. The Bertz CT molecular complexity index is 664. The highest BCUT2D eigenvalue weighted by molar-refractivity contribution is 6.32. The van der Waals surface area contributed by atoms with E-state index in [0.29, 0.717) is 19.7 Å². The first kappa shape index (κ1) is 15.8. The average Bonchev–Trinajstić information content (AvgIpc) is 2.53. The second kappa shape index (κ2) is 6.59. The van der Waals surface area contributed by atoms with Crippen molar-refractivity contribution in [3.63, 3.8) is 0 Å². The van der Waals surface area contributed by atoms with Crippen LogP contribution in [-0.4, -0.2) is 38.4 Å². The van der Waals surface area contributed by atoms with Gasteiger partial charge in [-0.3, -0.25) is 9.69 Å². The molecule has 3 nitrogen and oxygen atoms in total. The number of hydrogen-bond donors (Lipinski definition) is 0. The van der Waals surface area contributed by atoms with E-state index in [2.05, 4.69) is 49.1 Å². The molecule has 0 aromatic heterocycles. The van der Waals surface area contributed by atoms with Crippen molar-refractivity contribution in [1.29, 1.82) is 0 Å². The van der Waals surface area contributed by atoms with Crippen molar-refractivity contribution in [1.82, 2.24) is 4.90 Å². The summed E-state index contributed by atoms with van der Waals surface area (Å²) in [5, 5.41) is 0. The summed E-state index contributed by atoms with van der Waals surface area (Å²) in [5.41, 5.74) is 3.02. The molecule has 23 heavy (non-hydrogen) atoms. The quantitative estimate of drug-likeness (QED) is 0.615. The summed E-state index contributed by atoms with van der Waals surface area (Å²) in [7, 11) is 2.06. The summed E-state index contributed by atoms with van der Waals surface area (Å²) < 4.78 is 5.37. The van der Waals surface area contributed by atoms with Gasteiger partial charge in [0.25, 0.3) is 0 Å². The Morgan fingerprint density at radius 1 is 1.13 bits per heavy atom. The molecule has 1 saturated heterocycles. The molecule has 2 aromatic carbocycles. The third kappa shape index (κ3) is 3.18. The Labute approximate surface area is 138 Å². The standard InChI is InChI=1S/C19H22BNO2/c1-2-23-18(22)19(16-8-10-17(20)11-9-16)13-21(14-19)12-15-6-4-3-5-7-15/h3-11H,2,12-14,20H2,1H3. The van der Waals surface area contributed by atoms with E-state index in [1.165, 1.54) is 11.0 Å². The minimum Gasteiger partial charge on any atom is -0.465 e. The molecule has 0 bridgehead atoms. The van der Waals surface area contributed by atoms with Crippen LogP contribution >= 0.6 is 0 Å². The molecule has 118 valence electrons. The first-order valence-electron chi connectivity index (χ1n) is 8.15. The van der Waals surface area contributed by atoms with Crippen molar-refractivity contribution in [2.24, 2.45) is 0 Å². The van der Waals surface area contributed by atoms with E-state index < -0.39 is 5.41 Å². The molecule has 0 saturated carbocycles. The number of ether oxygens (including phenoxy) is 1. The molecule has 0 spiro atoms. The van der Waals surface area contributed by atoms with E-state index in [-0.39, 0.29) is 5.97 Å². The Hall–Kier alpha value is -2.07. The minimum atomic E-state index is -0.515. The Morgan fingerprint density at radius 2 is 1.78 bits per heavy atom. The SMILES string of the molecule is Bc1ccc(C2(C(=O)OCC)CN(Cc3ccccc3)C2)cc1. The fourth-order valence-electron chi connectivity index (χ4n) is 3.24. The van der Waals surface area contributed by atoms with Gasteiger partial charge < -0.3 is 4.74 Å². The summed E-state index contributed by atoms with van der Waals surface area (Å²) in [5.74, 6) is -0.104. The van der Waals surface area contributed by atoms with E-state index in [0.717, 1.165) is 12.1 Å². The van der Waals surface area contributed by atoms with Gasteiger partial charge >= 0.3 is 5.97 Å². The first-order valence-corrected chi connectivity index (χ1v) is 8.15. The fourth-order valence-corrected chi connectivity index (χ4v) is 3.24. The minimum absolute atomic E-state index is 0.104. The van der Waals surface area contributed by atoms with Gasteiger partial charge in [0, 0.05) is 19.6 Å². The number of hydrogen-bond acceptors (Lipinski definition) is 3. The van der Waals surface area contributed by atoms with E-state index in [1.54, 1.807) is 0 Å². The highest BCUT2D eigenvalue weighted by Gasteiger charge is 2.51. The van der Waals surface area contributed by atoms with Crippen LogP contribution in [0.5, 0.6) is 0 Å². The van der Waals surface area contributed by atoms with Gasteiger partial charge in [-0.15, -0.1) is 0 Å². The van der Waals surface area contributed by atoms with Gasteiger partial charge in [-0.1, -0.05) is 60.1 Å². The van der Waals surface area contributed by atoms with Crippen LogP contribution in [0.3, 0.4) is 0 Å². The predicted octanol–water partition coefficient (Wildman–Crippen LogP) is 1.26. The van der Waals surface area contributed by atoms with Gasteiger partial charge in [-0.2, -0.15) is 0 Å². The molecule has 0 radical (unpaired) electrons. The highest BCUT2D eigenvalue weighted by atomic mass is 16.5. The van der Waals surface area contributed by atoms with Crippen LogP contribution < -0.4 is 5.46 Å². The molecule has 0 unspecified atom stereocenters. The smallest absolute Gasteiger partial charge is 0.319 e. The Balaban J connectivity index is 1.77. The maximum atomic E-state index is 12.6. The summed E-state index contributed by atoms with van der Waals surface area (Å²) in [4.78, 5) is 14.9. The van der Waals surface area contributed by atoms with Crippen LogP contribution in [0.15, 0.2) is 54.6 Å². The van der Waals surface area contributed by atoms with Crippen molar-refractivity contribution in [3.8, 4) is 0 Å². The summed E-state index contributed by atoms with van der Waals surface area (Å²) >= 11 is 0. The zero-order valence-electron chi connectivity index (χ0n) is 13.8. The largest absolute Gasteiger partial charge is 0.465 e. The molecular formula is C19H22BNO2. The number of rotatable bonds is 5. The zero-order valence-corrected chi connectivity index (χ0v) is 13.8. The Kier molecular flexibility index (Phi) is 4.53. The van der Waals surface area contributed by atoms with Crippen molar-refractivity contribution in [2.75, 3.05) is 19.7 Å². The molecule has 0 aliphatic carbocycles. The molecule has 0 amide bonds. The van der Waals surface area contributed by atoms with Crippen molar-refractivity contribution < 1.29 is 9.53 Å². The van der Waals surface area contributed by atoms with Crippen LogP contribution in [0.25, 0.3) is 0 Å². The summed E-state index contributed by atoms with van der Waals surface area (Å²) in [6.07, 6.45) is 0. The molecule has 3 rings (SSSR count). The lowest BCUT2D eigenvalue weighted by molar-refractivity contribution is -0.158. The van der Waals surface area contributed by atoms with E-state index in [4.69, 9.17) is 4.74 Å². The van der Waals surface area contributed by atoms with Crippen LogP contribution in [0.4, 0.5) is 0 Å². The molecule has 1 fully saturated rings. The van der Waals surface area contributed by atoms with Gasteiger partial charge in [0.1, 0.15) is 13.3 Å². The van der Waals surface area contributed by atoms with Crippen LogP contribution in [0.2, 0.25) is 0 Å². The number of esters is 1. The number of carbonyl (C=O) groups excluding carboxylic acids is 1. The maximum absolute atomic E-state index is 12.6. The van der Waals surface area contributed by atoms with Crippen LogP contribution in [0, 0.1) is 0 Å². The fraction of sp³-hybridized carbons (Fsp3) is 0.316. The van der Waals surface area contributed by atoms with Crippen molar-refractivity contribution in [3.05, 3.63) is 65.7 Å². The second-order valence-electron chi connectivity index (χ2n) is 6.30. The lowest BCUT2D eigenvalue weighted by atomic mass is 9.72. The van der Waals surface area contributed by atoms with Gasteiger partial charge in [0.2, 0.25) is 0 Å². The number of carbonyl (C=O) groups is 1. The number of nitrogens with zero attached hydrogens (tertiary/aromatic N) is 1. The molecule has 1 heterocycles. The highest BCUT2D eigenvalue weighted by Crippen LogP contribution is 2.36. The molecule has 0 N–H and O–H groups in total. The average molecular weight is 307 g/mol. The van der Waals surface area contributed by atoms with Gasteiger partial charge in [-0.25, -0.2) is 0 Å². The maximum Gasteiger partial charge on any atom is 0.319 e. The molecule has 0 atom stereocenters. The summed E-state index contributed by atoms with van der Waals surface area (Å²) in [6.45, 7) is 4.58. The number of benzene rings is 2. The lowest BCUT2D eigenvalue weighted by Gasteiger charge is -2.48. The molecule has 1 aliphatic heterocycles. The third-order valence-electron chi connectivity index (χ3n) is 4.51. The van der Waals surface area contributed by atoms with Crippen LogP contribution in [0.1, 0.15) is 18.1 Å². The third-order valence-corrected chi connectivity index (χ3v) is 4.51. The van der Waals surface area contributed by atoms with Crippen LogP contribution in [-0.2, 0) is 21.5 Å². The molecule has 4 heteroatoms. The van der Waals surface area contributed by atoms with E-state index in [9.17, 15) is 4.79 Å². The van der Waals surface area contributed by atoms with Crippen molar-refractivity contribution in [2.45, 2.75) is 18.9 Å². The summed E-state index contributed by atoms with van der Waals surface area (Å²) in [6, 6.07) is 18.6. The lowest BCUT2D eigenvalue weighted by Crippen LogP contribution is -2.63. The first-order chi connectivity index (χ1) is 11.1.